The first-order chi connectivity index (χ1) is 17.6. The number of nitrogens with zero attached hydrogens (tertiary/aromatic N) is 4. The number of anilines is 1. The summed E-state index contributed by atoms with van der Waals surface area (Å²) < 4.78 is 1.52. The number of carbonyl (C=O) groups excluding carboxylic acids is 1. The lowest BCUT2D eigenvalue weighted by Crippen LogP contribution is -2.48. The van der Waals surface area contributed by atoms with Crippen LogP contribution in [0.15, 0.2) is 41.3 Å². The van der Waals surface area contributed by atoms with Crippen molar-refractivity contribution in [2.24, 2.45) is 5.92 Å². The summed E-state index contributed by atoms with van der Waals surface area (Å²) in [7, 11) is 2.08. The van der Waals surface area contributed by atoms with Gasteiger partial charge in [-0.25, -0.2) is 9.59 Å². The number of urea groups is 1. The van der Waals surface area contributed by atoms with Crippen molar-refractivity contribution in [3.63, 3.8) is 0 Å². The molecule has 0 atom stereocenters. The first-order valence-electron chi connectivity index (χ1n) is 13.5. The smallest absolute Gasteiger partial charge is 0.322 e. The number of aromatic nitrogens is 2. The molecule has 2 aliphatic carbocycles. The zero-order chi connectivity index (χ0) is 24.9. The summed E-state index contributed by atoms with van der Waals surface area (Å²) in [4.78, 5) is 33.6. The van der Waals surface area contributed by atoms with Crippen molar-refractivity contribution < 1.29 is 4.79 Å². The number of amides is 2. The average molecular weight is 494 g/mol. The maximum Gasteiger partial charge on any atom is 0.354 e. The van der Waals surface area contributed by atoms with E-state index in [1.54, 1.807) is 17.2 Å². The Bertz CT molecular complexity index is 1070. The van der Waals surface area contributed by atoms with E-state index in [2.05, 4.69) is 45.0 Å². The summed E-state index contributed by atoms with van der Waals surface area (Å²) in [6.45, 7) is 4.98. The van der Waals surface area contributed by atoms with Gasteiger partial charge in [0.15, 0.2) is 0 Å². The largest absolute Gasteiger partial charge is 0.354 e. The molecule has 3 N–H and O–H groups in total. The number of hydrogen-bond donors (Lipinski definition) is 3. The summed E-state index contributed by atoms with van der Waals surface area (Å²) in [6, 6.07) is 11.0. The van der Waals surface area contributed by atoms with Crippen molar-refractivity contribution in [3.05, 3.63) is 52.6 Å². The molecule has 3 fully saturated rings. The fourth-order valence-corrected chi connectivity index (χ4v) is 5.43. The van der Waals surface area contributed by atoms with Crippen LogP contribution in [0, 0.1) is 5.92 Å². The monoisotopic (exact) mass is 493 g/mol. The molecule has 9 heteroatoms. The minimum absolute atomic E-state index is 0.222. The van der Waals surface area contributed by atoms with Crippen LogP contribution in [0.5, 0.6) is 0 Å². The number of hydrogen-bond acceptors (Lipinski definition) is 6. The van der Waals surface area contributed by atoms with E-state index < -0.39 is 5.69 Å². The number of rotatable bonds is 8. The van der Waals surface area contributed by atoms with Crippen LogP contribution in [0.2, 0.25) is 0 Å². The number of piperazine rings is 1. The van der Waals surface area contributed by atoms with Crippen LogP contribution in [0.1, 0.15) is 44.1 Å². The first kappa shape index (κ1) is 24.9. The van der Waals surface area contributed by atoms with Gasteiger partial charge >= 0.3 is 11.7 Å². The molecule has 2 heterocycles. The van der Waals surface area contributed by atoms with Gasteiger partial charge in [-0.2, -0.15) is 4.98 Å². The van der Waals surface area contributed by atoms with E-state index in [9.17, 15) is 9.59 Å². The molecule has 0 bridgehead atoms. The predicted molar refractivity (Wildman–Crippen MR) is 142 cm³/mol. The van der Waals surface area contributed by atoms with Crippen molar-refractivity contribution in [1.29, 1.82) is 0 Å². The van der Waals surface area contributed by atoms with Crippen LogP contribution in [0.25, 0.3) is 5.69 Å². The highest BCUT2D eigenvalue weighted by Crippen LogP contribution is 2.33. The number of carbonyl (C=O) groups is 1. The lowest BCUT2D eigenvalue weighted by atomic mass is 9.90. The highest BCUT2D eigenvalue weighted by molar-refractivity contribution is 5.88. The molecule has 2 saturated carbocycles. The standard InChI is InChI=1S/C27H39N7O2/c1-28-22-6-10-23(11-7-22)33(18-20-2-3-20)19-21-4-8-24(9-5-21)34-15-12-25(31-27(34)36)30-26(35)32-16-13-29-14-17-32/h4-5,8-9,12,15,20,22-23,28-29H,2-3,6-7,10-11,13-14,16-19H2,1H3,(H,30,31,35,36). The third-order valence-electron chi connectivity index (χ3n) is 7.85. The van der Waals surface area contributed by atoms with Gasteiger partial charge in [0.25, 0.3) is 0 Å². The molecule has 2 amide bonds. The van der Waals surface area contributed by atoms with Crippen LogP contribution >= 0.6 is 0 Å². The topological polar surface area (TPSA) is 94.5 Å². The van der Waals surface area contributed by atoms with Crippen LogP contribution in [0.3, 0.4) is 0 Å². The fraction of sp³-hybridized carbons (Fsp3) is 0.593. The van der Waals surface area contributed by atoms with Crippen molar-refractivity contribution in [2.75, 3.05) is 45.1 Å². The molecule has 1 aromatic heterocycles. The Kier molecular flexibility index (Phi) is 7.99. The van der Waals surface area contributed by atoms with Gasteiger partial charge in [-0.3, -0.25) is 14.8 Å². The molecule has 2 aromatic rings. The van der Waals surface area contributed by atoms with Gasteiger partial charge in [0.1, 0.15) is 5.82 Å². The molecule has 36 heavy (non-hydrogen) atoms. The van der Waals surface area contributed by atoms with Crippen LogP contribution in [-0.4, -0.2) is 77.2 Å². The van der Waals surface area contributed by atoms with Crippen molar-refractivity contribution in [1.82, 2.24) is 30.0 Å². The Hall–Kier alpha value is -2.75. The molecule has 1 aliphatic heterocycles. The van der Waals surface area contributed by atoms with Gasteiger partial charge in [0.05, 0.1) is 5.69 Å². The second kappa shape index (κ2) is 11.5. The third kappa shape index (κ3) is 6.32. The van der Waals surface area contributed by atoms with Gasteiger partial charge in [0.2, 0.25) is 0 Å². The van der Waals surface area contributed by atoms with E-state index in [-0.39, 0.29) is 11.8 Å². The third-order valence-corrected chi connectivity index (χ3v) is 7.85. The summed E-state index contributed by atoms with van der Waals surface area (Å²) >= 11 is 0. The zero-order valence-corrected chi connectivity index (χ0v) is 21.3. The van der Waals surface area contributed by atoms with Crippen LogP contribution in [0.4, 0.5) is 10.6 Å². The van der Waals surface area contributed by atoms with E-state index in [1.165, 1.54) is 55.2 Å². The highest BCUT2D eigenvalue weighted by Gasteiger charge is 2.30. The van der Waals surface area contributed by atoms with Gasteiger partial charge in [0, 0.05) is 57.5 Å². The molecule has 194 valence electrons. The Morgan fingerprint density at radius 1 is 1.06 bits per heavy atom. The normalized spacial score (nSPS) is 22.6. The second-order valence-corrected chi connectivity index (χ2v) is 10.5. The quantitative estimate of drug-likeness (QED) is 0.523. The van der Waals surface area contributed by atoms with Crippen molar-refractivity contribution in [2.45, 2.75) is 57.2 Å². The minimum Gasteiger partial charge on any atom is -0.322 e. The Balaban J connectivity index is 1.22. The van der Waals surface area contributed by atoms with E-state index in [0.29, 0.717) is 25.2 Å². The molecule has 3 aliphatic rings. The molecule has 0 spiro atoms. The lowest BCUT2D eigenvalue weighted by Gasteiger charge is -2.37. The van der Waals surface area contributed by atoms with E-state index in [4.69, 9.17) is 0 Å². The van der Waals surface area contributed by atoms with Gasteiger partial charge in [-0.1, -0.05) is 12.1 Å². The molecule has 0 unspecified atom stereocenters. The Labute approximate surface area is 213 Å². The van der Waals surface area contributed by atoms with Gasteiger partial charge < -0.3 is 15.5 Å². The molecule has 1 aromatic carbocycles. The number of benzene rings is 1. The maximum atomic E-state index is 12.7. The SMILES string of the molecule is CNC1CCC(N(Cc2ccc(-n3ccc(NC(=O)N4CCNCC4)nc3=O)cc2)CC2CC2)CC1. The minimum atomic E-state index is -0.405. The summed E-state index contributed by atoms with van der Waals surface area (Å²) in [5.74, 6) is 1.14. The van der Waals surface area contributed by atoms with Crippen LogP contribution in [-0.2, 0) is 6.54 Å². The van der Waals surface area contributed by atoms with E-state index in [1.807, 2.05) is 12.1 Å². The maximum absolute atomic E-state index is 12.7. The first-order valence-corrected chi connectivity index (χ1v) is 13.5. The molecule has 5 rings (SSSR count). The zero-order valence-electron chi connectivity index (χ0n) is 21.3. The summed E-state index contributed by atoms with van der Waals surface area (Å²) in [5.41, 5.74) is 1.65. The fourth-order valence-electron chi connectivity index (χ4n) is 5.43. The Morgan fingerprint density at radius 2 is 1.78 bits per heavy atom. The van der Waals surface area contributed by atoms with Crippen molar-refractivity contribution >= 4 is 11.8 Å². The second-order valence-electron chi connectivity index (χ2n) is 10.5. The molecule has 9 nitrogen and oxygen atoms in total. The summed E-state index contributed by atoms with van der Waals surface area (Å²) in [5, 5.41) is 9.41. The number of nitrogens with one attached hydrogen (secondary N) is 3. The average Bonchev–Trinajstić information content (AvgIpc) is 3.74. The van der Waals surface area contributed by atoms with E-state index in [0.717, 1.165) is 31.2 Å². The highest BCUT2D eigenvalue weighted by atomic mass is 16.2. The Morgan fingerprint density at radius 3 is 2.42 bits per heavy atom. The molecule has 1 saturated heterocycles. The van der Waals surface area contributed by atoms with Crippen molar-refractivity contribution in [3.8, 4) is 5.69 Å². The van der Waals surface area contributed by atoms with Gasteiger partial charge in [-0.05, 0) is 75.3 Å². The molecular weight excluding hydrogens is 454 g/mol. The predicted octanol–water partition coefficient (Wildman–Crippen LogP) is 2.41. The lowest BCUT2D eigenvalue weighted by molar-refractivity contribution is 0.131. The molecule has 0 radical (unpaired) electrons. The van der Waals surface area contributed by atoms with Crippen LogP contribution < -0.4 is 21.6 Å². The van der Waals surface area contributed by atoms with Gasteiger partial charge in [-0.15, -0.1) is 0 Å². The van der Waals surface area contributed by atoms with E-state index >= 15 is 0 Å². The molecular formula is C27H39N7O2. The summed E-state index contributed by atoms with van der Waals surface area (Å²) in [6.07, 6.45) is 9.43.